The van der Waals surface area contributed by atoms with Crippen LogP contribution >= 0.6 is 11.3 Å². The SMILES string of the molecule is COc1ccccc1COc1ccc(C)c2nc(-c3sc4ccccc4c3C)cc(C(=O)O)c12. The maximum absolute atomic E-state index is 12.4. The number of carboxylic acids is 1. The van der Waals surface area contributed by atoms with Gasteiger partial charge in [0, 0.05) is 10.3 Å². The molecule has 0 amide bonds. The van der Waals surface area contributed by atoms with Crippen molar-refractivity contribution in [3.05, 3.63) is 89.0 Å². The van der Waals surface area contributed by atoms with Crippen LogP contribution in [-0.4, -0.2) is 23.2 Å². The Morgan fingerprint density at radius 2 is 1.76 bits per heavy atom. The third-order valence-electron chi connectivity index (χ3n) is 6.01. The minimum Gasteiger partial charge on any atom is -0.496 e. The second-order valence-corrected chi connectivity index (χ2v) is 9.17. The molecule has 0 spiro atoms. The molecule has 2 heterocycles. The van der Waals surface area contributed by atoms with Crippen LogP contribution in [0.3, 0.4) is 0 Å². The van der Waals surface area contributed by atoms with Crippen LogP contribution in [0.5, 0.6) is 11.5 Å². The average Bonchev–Trinajstić information content (AvgIpc) is 3.20. The van der Waals surface area contributed by atoms with E-state index in [1.807, 2.05) is 55.5 Å². The quantitative estimate of drug-likeness (QED) is 0.289. The van der Waals surface area contributed by atoms with Crippen molar-refractivity contribution in [2.75, 3.05) is 7.11 Å². The van der Waals surface area contributed by atoms with E-state index in [-0.39, 0.29) is 12.2 Å². The van der Waals surface area contributed by atoms with E-state index in [1.165, 1.54) is 0 Å². The van der Waals surface area contributed by atoms with E-state index in [1.54, 1.807) is 24.5 Å². The predicted molar refractivity (Wildman–Crippen MR) is 136 cm³/mol. The molecule has 3 aromatic carbocycles. The van der Waals surface area contributed by atoms with Crippen LogP contribution < -0.4 is 9.47 Å². The summed E-state index contributed by atoms with van der Waals surface area (Å²) in [4.78, 5) is 18.3. The van der Waals surface area contributed by atoms with Crippen molar-refractivity contribution in [1.29, 1.82) is 0 Å². The number of aromatic carboxylic acids is 1. The number of nitrogens with zero attached hydrogens (tertiary/aromatic N) is 1. The van der Waals surface area contributed by atoms with Gasteiger partial charge in [-0.25, -0.2) is 9.78 Å². The third kappa shape index (κ3) is 3.76. The molecular weight excluding hydrogens is 446 g/mol. The number of rotatable bonds is 6. The van der Waals surface area contributed by atoms with Crippen molar-refractivity contribution in [3.8, 4) is 22.1 Å². The van der Waals surface area contributed by atoms with Gasteiger partial charge in [-0.1, -0.05) is 42.5 Å². The minimum absolute atomic E-state index is 0.176. The highest BCUT2D eigenvalue weighted by Crippen LogP contribution is 2.40. The number of fused-ring (bicyclic) bond motifs is 2. The number of benzene rings is 3. The van der Waals surface area contributed by atoms with Crippen LogP contribution in [0.1, 0.15) is 27.0 Å². The molecule has 5 rings (SSSR count). The standard InChI is InChI=1S/C28H23NO4S/c1-16-12-13-23(33-15-18-8-4-6-10-22(18)32-3)25-20(28(30)31)14-21(29-26(16)25)27-17(2)19-9-5-7-11-24(19)34-27/h4-14H,15H2,1-3H3,(H,30,31). The number of para-hydroxylation sites is 1. The van der Waals surface area contributed by atoms with Crippen LogP contribution in [0.25, 0.3) is 31.6 Å². The Labute approximate surface area is 201 Å². The average molecular weight is 470 g/mol. The maximum atomic E-state index is 12.4. The molecule has 0 aliphatic carbocycles. The van der Waals surface area contributed by atoms with Crippen molar-refractivity contribution >= 4 is 38.3 Å². The largest absolute Gasteiger partial charge is 0.496 e. The molecule has 5 aromatic rings. The molecule has 34 heavy (non-hydrogen) atoms. The van der Waals surface area contributed by atoms with E-state index in [0.717, 1.165) is 37.4 Å². The van der Waals surface area contributed by atoms with Gasteiger partial charge in [-0.3, -0.25) is 0 Å². The van der Waals surface area contributed by atoms with Crippen LogP contribution in [-0.2, 0) is 6.61 Å². The van der Waals surface area contributed by atoms with Crippen LogP contribution in [0.4, 0.5) is 0 Å². The molecule has 0 aliphatic rings. The smallest absolute Gasteiger partial charge is 0.336 e. The lowest BCUT2D eigenvalue weighted by atomic mass is 10.0. The highest BCUT2D eigenvalue weighted by atomic mass is 32.1. The lowest BCUT2D eigenvalue weighted by Gasteiger charge is -2.15. The zero-order chi connectivity index (χ0) is 23.8. The van der Waals surface area contributed by atoms with Gasteiger partial charge in [0.1, 0.15) is 18.1 Å². The summed E-state index contributed by atoms with van der Waals surface area (Å²) in [5.74, 6) is 0.189. The predicted octanol–water partition coefficient (Wildman–Crippen LogP) is 7.02. The summed E-state index contributed by atoms with van der Waals surface area (Å²) in [6, 6.07) is 21.2. The molecule has 0 saturated carbocycles. The van der Waals surface area contributed by atoms with Gasteiger partial charge in [0.05, 0.1) is 34.1 Å². The molecule has 0 unspecified atom stereocenters. The van der Waals surface area contributed by atoms with E-state index >= 15 is 0 Å². The van der Waals surface area contributed by atoms with Crippen LogP contribution in [0.15, 0.2) is 66.7 Å². The second kappa shape index (κ2) is 8.80. The Morgan fingerprint density at radius 1 is 1.00 bits per heavy atom. The number of ether oxygens (including phenoxy) is 2. The van der Waals surface area contributed by atoms with Crippen LogP contribution in [0, 0.1) is 13.8 Å². The summed E-state index contributed by atoms with van der Waals surface area (Å²) in [7, 11) is 1.62. The topological polar surface area (TPSA) is 68.7 Å². The van der Waals surface area contributed by atoms with E-state index in [9.17, 15) is 9.90 Å². The fourth-order valence-electron chi connectivity index (χ4n) is 4.24. The summed E-state index contributed by atoms with van der Waals surface area (Å²) in [5.41, 5.74) is 4.34. The summed E-state index contributed by atoms with van der Waals surface area (Å²) >= 11 is 1.63. The molecule has 170 valence electrons. The van der Waals surface area contributed by atoms with Gasteiger partial charge >= 0.3 is 5.97 Å². The fraction of sp³-hybridized carbons (Fsp3) is 0.143. The Kier molecular flexibility index (Phi) is 5.67. The van der Waals surface area contributed by atoms with E-state index in [2.05, 4.69) is 19.1 Å². The van der Waals surface area contributed by atoms with Gasteiger partial charge in [0.2, 0.25) is 0 Å². The fourth-order valence-corrected chi connectivity index (χ4v) is 5.41. The number of thiophene rings is 1. The first kappa shape index (κ1) is 21.9. The molecule has 0 saturated heterocycles. The molecule has 0 fully saturated rings. The summed E-state index contributed by atoms with van der Waals surface area (Å²) < 4.78 is 12.7. The first-order valence-corrected chi connectivity index (χ1v) is 11.7. The lowest BCUT2D eigenvalue weighted by molar-refractivity contribution is 0.0698. The molecule has 0 aliphatic heterocycles. The number of carbonyl (C=O) groups is 1. The normalized spacial score (nSPS) is 11.1. The molecule has 0 bridgehead atoms. The summed E-state index contributed by atoms with van der Waals surface area (Å²) in [6.07, 6.45) is 0. The molecule has 2 aromatic heterocycles. The van der Waals surface area contributed by atoms with Gasteiger partial charge in [-0.15, -0.1) is 11.3 Å². The Bertz CT molecular complexity index is 1550. The van der Waals surface area contributed by atoms with E-state index in [0.29, 0.717) is 22.3 Å². The van der Waals surface area contributed by atoms with Crippen molar-refractivity contribution in [2.45, 2.75) is 20.5 Å². The van der Waals surface area contributed by atoms with E-state index < -0.39 is 5.97 Å². The first-order valence-electron chi connectivity index (χ1n) is 10.9. The Morgan fingerprint density at radius 3 is 2.53 bits per heavy atom. The van der Waals surface area contributed by atoms with Gasteiger partial charge < -0.3 is 14.6 Å². The minimum atomic E-state index is -1.01. The van der Waals surface area contributed by atoms with Crippen LogP contribution in [0.2, 0.25) is 0 Å². The zero-order valence-electron chi connectivity index (χ0n) is 19.1. The molecular formula is C28H23NO4S. The molecule has 0 radical (unpaired) electrons. The first-order chi connectivity index (χ1) is 16.5. The highest BCUT2D eigenvalue weighted by Gasteiger charge is 2.21. The molecule has 0 atom stereocenters. The van der Waals surface area contributed by atoms with Crippen molar-refractivity contribution in [1.82, 2.24) is 4.98 Å². The second-order valence-electron chi connectivity index (χ2n) is 8.12. The maximum Gasteiger partial charge on any atom is 0.336 e. The van der Waals surface area contributed by atoms with Crippen molar-refractivity contribution in [3.63, 3.8) is 0 Å². The Hall–Kier alpha value is -3.90. The number of hydrogen-bond donors (Lipinski definition) is 1. The number of aromatic nitrogens is 1. The monoisotopic (exact) mass is 469 g/mol. The highest BCUT2D eigenvalue weighted by molar-refractivity contribution is 7.22. The zero-order valence-corrected chi connectivity index (χ0v) is 19.9. The molecule has 5 nitrogen and oxygen atoms in total. The summed E-state index contributed by atoms with van der Waals surface area (Å²) in [5, 5.41) is 11.8. The van der Waals surface area contributed by atoms with Gasteiger partial charge in [0.25, 0.3) is 0 Å². The van der Waals surface area contributed by atoms with Gasteiger partial charge in [-0.05, 0) is 54.6 Å². The number of hydrogen-bond acceptors (Lipinski definition) is 5. The number of carboxylic acid groups (broad SMARTS) is 1. The van der Waals surface area contributed by atoms with Crippen molar-refractivity contribution in [2.24, 2.45) is 0 Å². The number of aryl methyl sites for hydroxylation is 2. The number of methoxy groups -OCH3 is 1. The lowest BCUT2D eigenvalue weighted by Crippen LogP contribution is -2.05. The van der Waals surface area contributed by atoms with Gasteiger partial charge in [0.15, 0.2) is 0 Å². The molecule has 6 heteroatoms. The van der Waals surface area contributed by atoms with E-state index in [4.69, 9.17) is 14.5 Å². The summed E-state index contributed by atoms with van der Waals surface area (Å²) in [6.45, 7) is 4.24. The third-order valence-corrected chi connectivity index (χ3v) is 7.30. The Balaban J connectivity index is 1.66. The molecule has 1 N–H and O–H groups in total. The number of pyridine rings is 1. The van der Waals surface area contributed by atoms with Gasteiger partial charge in [-0.2, -0.15) is 0 Å². The van der Waals surface area contributed by atoms with Crippen molar-refractivity contribution < 1.29 is 19.4 Å².